The zero-order valence-corrected chi connectivity index (χ0v) is 14.0. The molecule has 0 saturated carbocycles. The molecule has 0 unspecified atom stereocenters. The van der Waals surface area contributed by atoms with Crippen molar-refractivity contribution in [2.24, 2.45) is 0 Å². The van der Waals surface area contributed by atoms with Crippen molar-refractivity contribution in [3.05, 3.63) is 52.2 Å². The zero-order valence-electron chi connectivity index (χ0n) is 13.2. The second-order valence-corrected chi connectivity index (χ2v) is 6.10. The Hall–Kier alpha value is -2.32. The topological polar surface area (TPSA) is 61.4 Å². The molecule has 1 atom stereocenters. The van der Waals surface area contributed by atoms with Crippen molar-refractivity contribution in [3.8, 4) is 0 Å². The lowest BCUT2D eigenvalue weighted by molar-refractivity contribution is -0.136. The zero-order chi connectivity index (χ0) is 17.7. The van der Waals surface area contributed by atoms with Crippen molar-refractivity contribution in [2.45, 2.75) is 6.04 Å². The fourth-order valence-electron chi connectivity index (χ4n) is 2.11. The Morgan fingerprint density at radius 2 is 1.96 bits per heavy atom. The molecule has 5 nitrogen and oxygen atoms in total. The van der Waals surface area contributed by atoms with Gasteiger partial charge in [0.1, 0.15) is 11.6 Å². The normalized spacial score (nSPS) is 12.0. The van der Waals surface area contributed by atoms with Crippen molar-refractivity contribution in [1.82, 2.24) is 10.2 Å². The molecule has 8 heteroatoms. The molecule has 0 fully saturated rings. The van der Waals surface area contributed by atoms with Gasteiger partial charge in [-0.25, -0.2) is 8.78 Å². The number of nitrogens with one attached hydrogen (secondary N) is 2. The summed E-state index contributed by atoms with van der Waals surface area (Å²) in [6, 6.07) is 4.45. The van der Waals surface area contributed by atoms with Crippen molar-refractivity contribution < 1.29 is 18.4 Å². The first-order chi connectivity index (χ1) is 11.4. The Kier molecular flexibility index (Phi) is 5.99. The molecular formula is C16H17F2N3O2S. The highest BCUT2D eigenvalue weighted by Gasteiger charge is 2.20. The van der Waals surface area contributed by atoms with Crippen LogP contribution in [0.15, 0.2) is 35.0 Å². The number of carbonyl (C=O) groups is 2. The first-order valence-electron chi connectivity index (χ1n) is 7.11. The molecule has 0 radical (unpaired) electrons. The highest BCUT2D eigenvalue weighted by atomic mass is 32.1. The largest absolute Gasteiger partial charge is 0.346 e. The van der Waals surface area contributed by atoms with E-state index in [1.807, 2.05) is 35.8 Å². The number of rotatable bonds is 5. The molecule has 0 aliphatic heterocycles. The van der Waals surface area contributed by atoms with E-state index in [4.69, 9.17) is 0 Å². The Bertz CT molecular complexity index is 720. The van der Waals surface area contributed by atoms with Crippen LogP contribution in [0.4, 0.5) is 14.5 Å². The van der Waals surface area contributed by atoms with Gasteiger partial charge in [-0.1, -0.05) is 0 Å². The molecule has 1 heterocycles. The van der Waals surface area contributed by atoms with Gasteiger partial charge < -0.3 is 15.5 Å². The second-order valence-electron chi connectivity index (χ2n) is 5.32. The van der Waals surface area contributed by atoms with Gasteiger partial charge in [0, 0.05) is 12.6 Å². The van der Waals surface area contributed by atoms with E-state index in [-0.39, 0.29) is 18.3 Å². The third kappa shape index (κ3) is 4.59. The first kappa shape index (κ1) is 18.0. The van der Waals surface area contributed by atoms with Gasteiger partial charge in [-0.3, -0.25) is 9.59 Å². The Balaban J connectivity index is 1.96. The fraction of sp³-hybridized carbons (Fsp3) is 0.250. The third-order valence-corrected chi connectivity index (χ3v) is 4.09. The summed E-state index contributed by atoms with van der Waals surface area (Å²) in [5.41, 5.74) is 0.638. The van der Waals surface area contributed by atoms with Crippen molar-refractivity contribution in [1.29, 1.82) is 0 Å². The van der Waals surface area contributed by atoms with Crippen LogP contribution in [-0.4, -0.2) is 37.4 Å². The third-order valence-electron chi connectivity index (χ3n) is 3.39. The number of halogens is 2. The van der Waals surface area contributed by atoms with Crippen molar-refractivity contribution >= 4 is 28.8 Å². The van der Waals surface area contributed by atoms with Crippen LogP contribution < -0.4 is 10.6 Å². The minimum absolute atomic E-state index is 0.0982. The van der Waals surface area contributed by atoms with E-state index < -0.39 is 23.4 Å². The van der Waals surface area contributed by atoms with Gasteiger partial charge in [-0.2, -0.15) is 11.3 Å². The van der Waals surface area contributed by atoms with Gasteiger partial charge in [-0.05, 0) is 48.6 Å². The van der Waals surface area contributed by atoms with Gasteiger partial charge in [0.05, 0.1) is 11.7 Å². The summed E-state index contributed by atoms with van der Waals surface area (Å²) in [6.45, 7) is 0.210. The number of anilines is 1. The van der Waals surface area contributed by atoms with Crippen LogP contribution in [0.25, 0.3) is 0 Å². The Morgan fingerprint density at radius 1 is 1.21 bits per heavy atom. The molecule has 1 aromatic carbocycles. The average molecular weight is 353 g/mol. The number of likely N-dealkylation sites (N-methyl/N-ethyl adjacent to an activating group) is 1. The summed E-state index contributed by atoms with van der Waals surface area (Å²) >= 11 is 1.53. The molecule has 2 amide bonds. The van der Waals surface area contributed by atoms with E-state index in [9.17, 15) is 18.4 Å². The van der Waals surface area contributed by atoms with Crippen LogP contribution in [0.3, 0.4) is 0 Å². The summed E-state index contributed by atoms with van der Waals surface area (Å²) in [5, 5.41) is 8.44. The minimum Gasteiger partial charge on any atom is -0.346 e. The summed E-state index contributed by atoms with van der Waals surface area (Å²) in [6.07, 6.45) is 0. The standard InChI is InChI=1S/C16H17F2N3O2S/c1-21(2)14(10-5-6-24-9-10)8-19-15(22)16(23)20-13-7-11(17)3-4-12(13)18/h3-7,9,14H,8H2,1-2H3,(H,19,22)(H,20,23)/t14-/m1/s1. The molecular weight excluding hydrogens is 336 g/mol. The smallest absolute Gasteiger partial charge is 0.313 e. The Morgan fingerprint density at radius 3 is 2.58 bits per heavy atom. The summed E-state index contributed by atoms with van der Waals surface area (Å²) in [5.74, 6) is -3.50. The van der Waals surface area contributed by atoms with E-state index in [1.165, 1.54) is 11.3 Å². The van der Waals surface area contributed by atoms with Crippen LogP contribution in [0.5, 0.6) is 0 Å². The number of carbonyl (C=O) groups excluding carboxylic acids is 2. The van der Waals surface area contributed by atoms with Crippen molar-refractivity contribution in [2.75, 3.05) is 26.0 Å². The predicted molar refractivity (Wildman–Crippen MR) is 88.7 cm³/mol. The number of amides is 2. The lowest BCUT2D eigenvalue weighted by Gasteiger charge is -2.23. The Labute approximate surface area is 142 Å². The first-order valence-corrected chi connectivity index (χ1v) is 8.05. The molecule has 2 rings (SSSR count). The van der Waals surface area contributed by atoms with Gasteiger partial charge in [0.15, 0.2) is 0 Å². The maximum atomic E-state index is 13.5. The molecule has 128 valence electrons. The lowest BCUT2D eigenvalue weighted by Crippen LogP contribution is -2.40. The summed E-state index contributed by atoms with van der Waals surface area (Å²) in [7, 11) is 3.72. The second kappa shape index (κ2) is 7.98. The minimum atomic E-state index is -1.05. The monoisotopic (exact) mass is 353 g/mol. The molecule has 2 N–H and O–H groups in total. The fourth-order valence-corrected chi connectivity index (χ4v) is 2.81. The SMILES string of the molecule is CN(C)[C@H](CNC(=O)C(=O)Nc1cc(F)ccc1F)c1ccsc1. The van der Waals surface area contributed by atoms with E-state index in [1.54, 1.807) is 0 Å². The predicted octanol–water partition coefficient (Wildman–Crippen LogP) is 2.38. The number of thiophene rings is 1. The highest BCUT2D eigenvalue weighted by Crippen LogP contribution is 2.20. The van der Waals surface area contributed by atoms with Crippen LogP contribution >= 0.6 is 11.3 Å². The molecule has 0 saturated heterocycles. The van der Waals surface area contributed by atoms with Gasteiger partial charge >= 0.3 is 11.8 Å². The number of nitrogens with zero attached hydrogens (tertiary/aromatic N) is 1. The quantitative estimate of drug-likeness (QED) is 0.812. The number of benzene rings is 1. The maximum absolute atomic E-state index is 13.5. The van der Waals surface area contributed by atoms with Crippen LogP contribution in [0, 0.1) is 11.6 Å². The summed E-state index contributed by atoms with van der Waals surface area (Å²) in [4.78, 5) is 25.6. The van der Waals surface area contributed by atoms with Crippen LogP contribution in [-0.2, 0) is 9.59 Å². The lowest BCUT2D eigenvalue weighted by atomic mass is 10.1. The van der Waals surface area contributed by atoms with E-state index >= 15 is 0 Å². The van der Waals surface area contributed by atoms with Gasteiger partial charge in [0.2, 0.25) is 0 Å². The number of hydrogen-bond acceptors (Lipinski definition) is 4. The molecule has 24 heavy (non-hydrogen) atoms. The van der Waals surface area contributed by atoms with Crippen LogP contribution in [0.1, 0.15) is 11.6 Å². The van der Waals surface area contributed by atoms with Crippen LogP contribution in [0.2, 0.25) is 0 Å². The van der Waals surface area contributed by atoms with Gasteiger partial charge in [-0.15, -0.1) is 0 Å². The van der Waals surface area contributed by atoms with E-state index in [0.717, 1.165) is 23.8 Å². The van der Waals surface area contributed by atoms with Crippen molar-refractivity contribution in [3.63, 3.8) is 0 Å². The van der Waals surface area contributed by atoms with E-state index in [0.29, 0.717) is 0 Å². The molecule has 0 spiro atoms. The molecule has 2 aromatic rings. The summed E-state index contributed by atoms with van der Waals surface area (Å²) < 4.78 is 26.6. The molecule has 1 aromatic heterocycles. The number of hydrogen-bond donors (Lipinski definition) is 2. The molecule has 0 bridgehead atoms. The molecule has 0 aliphatic carbocycles. The highest BCUT2D eigenvalue weighted by molar-refractivity contribution is 7.07. The molecule has 0 aliphatic rings. The maximum Gasteiger partial charge on any atom is 0.313 e. The average Bonchev–Trinajstić information content (AvgIpc) is 3.04. The van der Waals surface area contributed by atoms with E-state index in [2.05, 4.69) is 10.6 Å². The van der Waals surface area contributed by atoms with Gasteiger partial charge in [0.25, 0.3) is 0 Å².